The van der Waals surface area contributed by atoms with Crippen molar-refractivity contribution >= 4 is 11.6 Å². The SMILES string of the molecule is COC(CC(C#N)(CC(OC)OC)c1ccc(Cl)cc1)OC. The Morgan fingerprint density at radius 3 is 1.68 bits per heavy atom. The zero-order valence-electron chi connectivity index (χ0n) is 13.3. The first kappa shape index (κ1) is 18.9. The number of hydrogen-bond donors (Lipinski definition) is 0. The summed E-state index contributed by atoms with van der Waals surface area (Å²) in [5.41, 5.74) is -0.0598. The van der Waals surface area contributed by atoms with Gasteiger partial charge in [-0.05, 0) is 17.7 Å². The fraction of sp³-hybridized carbons (Fsp3) is 0.562. The highest BCUT2D eigenvalue weighted by molar-refractivity contribution is 6.30. The molecule has 0 radical (unpaired) electrons. The molecule has 22 heavy (non-hydrogen) atoms. The molecule has 0 spiro atoms. The van der Waals surface area contributed by atoms with Gasteiger partial charge in [-0.15, -0.1) is 0 Å². The Labute approximate surface area is 136 Å². The second-order valence-corrected chi connectivity index (χ2v) is 5.35. The second-order valence-electron chi connectivity index (χ2n) is 4.91. The lowest BCUT2D eigenvalue weighted by molar-refractivity contribution is -0.136. The van der Waals surface area contributed by atoms with Crippen LogP contribution >= 0.6 is 11.6 Å². The molecular weight excluding hydrogens is 306 g/mol. The maximum absolute atomic E-state index is 9.87. The van der Waals surface area contributed by atoms with Crippen LogP contribution in [0.15, 0.2) is 24.3 Å². The van der Waals surface area contributed by atoms with E-state index in [1.54, 1.807) is 40.6 Å². The summed E-state index contributed by atoms with van der Waals surface area (Å²) in [7, 11) is 6.18. The van der Waals surface area contributed by atoms with Crippen LogP contribution in [0.3, 0.4) is 0 Å². The van der Waals surface area contributed by atoms with Crippen molar-refractivity contribution in [2.75, 3.05) is 28.4 Å². The fourth-order valence-electron chi connectivity index (χ4n) is 2.34. The standard InChI is InChI=1S/C16H22ClNO4/c1-19-14(20-2)9-16(11-18,10-15(21-3)22-4)12-5-7-13(17)8-6-12/h5-8,14-15H,9-10H2,1-4H3. The van der Waals surface area contributed by atoms with Crippen LogP contribution in [0.4, 0.5) is 0 Å². The van der Waals surface area contributed by atoms with Gasteiger partial charge in [-0.2, -0.15) is 5.26 Å². The Kier molecular flexibility index (Phi) is 7.80. The summed E-state index contributed by atoms with van der Waals surface area (Å²) in [4.78, 5) is 0. The van der Waals surface area contributed by atoms with Gasteiger partial charge in [-0.25, -0.2) is 0 Å². The lowest BCUT2D eigenvalue weighted by Gasteiger charge is -2.32. The average molecular weight is 328 g/mol. The summed E-state index contributed by atoms with van der Waals surface area (Å²) in [6.07, 6.45) is -0.322. The Morgan fingerprint density at radius 2 is 1.36 bits per heavy atom. The Balaban J connectivity index is 3.21. The minimum Gasteiger partial charge on any atom is -0.356 e. The highest BCUT2D eigenvalue weighted by atomic mass is 35.5. The molecule has 0 amide bonds. The van der Waals surface area contributed by atoms with E-state index in [0.29, 0.717) is 17.9 Å². The first-order valence-corrected chi connectivity index (χ1v) is 7.21. The van der Waals surface area contributed by atoms with Gasteiger partial charge in [-0.1, -0.05) is 23.7 Å². The number of methoxy groups -OCH3 is 4. The Bertz CT molecular complexity index is 464. The van der Waals surface area contributed by atoms with Crippen molar-refractivity contribution in [1.82, 2.24) is 0 Å². The lowest BCUT2D eigenvalue weighted by atomic mass is 9.75. The van der Waals surface area contributed by atoms with Crippen LogP contribution in [0.5, 0.6) is 0 Å². The summed E-state index contributed by atoms with van der Waals surface area (Å²) < 4.78 is 21.1. The number of hydrogen-bond acceptors (Lipinski definition) is 5. The highest BCUT2D eigenvalue weighted by Gasteiger charge is 2.38. The van der Waals surface area contributed by atoms with E-state index >= 15 is 0 Å². The average Bonchev–Trinajstić information content (AvgIpc) is 2.56. The maximum atomic E-state index is 9.87. The van der Waals surface area contributed by atoms with Gasteiger partial charge in [0.15, 0.2) is 12.6 Å². The van der Waals surface area contributed by atoms with Gasteiger partial charge in [0.25, 0.3) is 0 Å². The molecule has 0 N–H and O–H groups in total. The van der Waals surface area contributed by atoms with Gasteiger partial charge in [0.05, 0.1) is 11.5 Å². The van der Waals surface area contributed by atoms with Crippen molar-refractivity contribution in [2.24, 2.45) is 0 Å². The van der Waals surface area contributed by atoms with Crippen LogP contribution in [-0.4, -0.2) is 41.0 Å². The number of ether oxygens (including phenoxy) is 4. The third-order valence-electron chi connectivity index (χ3n) is 3.69. The molecule has 0 aliphatic heterocycles. The van der Waals surface area contributed by atoms with Crippen LogP contribution < -0.4 is 0 Å². The van der Waals surface area contributed by atoms with Crippen LogP contribution in [0.2, 0.25) is 5.02 Å². The second kappa shape index (κ2) is 9.09. The minimum atomic E-state index is -0.877. The largest absolute Gasteiger partial charge is 0.356 e. The molecule has 0 aliphatic carbocycles. The minimum absolute atomic E-state index is 0.349. The van der Waals surface area contributed by atoms with E-state index in [2.05, 4.69) is 6.07 Å². The highest BCUT2D eigenvalue weighted by Crippen LogP contribution is 2.36. The van der Waals surface area contributed by atoms with E-state index in [4.69, 9.17) is 30.5 Å². The maximum Gasteiger partial charge on any atom is 0.158 e. The van der Waals surface area contributed by atoms with Crippen LogP contribution in [0, 0.1) is 11.3 Å². The zero-order valence-corrected chi connectivity index (χ0v) is 14.1. The molecule has 1 aromatic rings. The lowest BCUT2D eigenvalue weighted by Crippen LogP contribution is -2.36. The van der Waals surface area contributed by atoms with E-state index in [1.165, 1.54) is 0 Å². The van der Waals surface area contributed by atoms with Gasteiger partial charge >= 0.3 is 0 Å². The van der Waals surface area contributed by atoms with E-state index in [9.17, 15) is 5.26 Å². The number of rotatable bonds is 9. The predicted molar refractivity (Wildman–Crippen MR) is 83.6 cm³/mol. The molecule has 0 unspecified atom stereocenters. The predicted octanol–water partition coefficient (Wildman–Crippen LogP) is 3.12. The van der Waals surface area contributed by atoms with Crippen molar-refractivity contribution in [3.8, 4) is 6.07 Å². The van der Waals surface area contributed by atoms with E-state index in [0.717, 1.165) is 5.56 Å². The molecule has 0 bridgehead atoms. The first-order valence-electron chi connectivity index (χ1n) is 6.83. The third-order valence-corrected chi connectivity index (χ3v) is 3.94. The molecule has 6 heteroatoms. The molecular formula is C16H22ClNO4. The molecule has 5 nitrogen and oxygen atoms in total. The van der Waals surface area contributed by atoms with Crippen molar-refractivity contribution in [3.63, 3.8) is 0 Å². The fourth-order valence-corrected chi connectivity index (χ4v) is 2.46. The summed E-state index contributed by atoms with van der Waals surface area (Å²) in [5, 5.41) is 10.5. The van der Waals surface area contributed by atoms with Gasteiger partial charge in [0.2, 0.25) is 0 Å². The summed E-state index contributed by atoms with van der Waals surface area (Å²) in [5.74, 6) is 0. The Hall–Kier alpha value is -1.16. The molecule has 0 saturated heterocycles. The van der Waals surface area contributed by atoms with Crippen LogP contribution in [-0.2, 0) is 24.4 Å². The summed E-state index contributed by atoms with van der Waals surface area (Å²) in [6.45, 7) is 0. The van der Waals surface area contributed by atoms with Gasteiger partial charge in [0.1, 0.15) is 0 Å². The quantitative estimate of drug-likeness (QED) is 0.652. The molecule has 0 saturated carbocycles. The first-order chi connectivity index (χ1) is 10.5. The van der Waals surface area contributed by atoms with Crippen molar-refractivity contribution in [1.29, 1.82) is 5.26 Å². The summed E-state index contributed by atoms with van der Waals surface area (Å²) >= 11 is 5.94. The number of nitriles is 1. The van der Waals surface area contributed by atoms with E-state index < -0.39 is 18.0 Å². The Morgan fingerprint density at radius 1 is 0.955 bits per heavy atom. The molecule has 0 aromatic heterocycles. The zero-order chi connectivity index (χ0) is 16.6. The number of nitrogens with zero attached hydrogens (tertiary/aromatic N) is 1. The molecule has 122 valence electrons. The number of halogens is 1. The molecule has 0 aliphatic rings. The van der Waals surface area contributed by atoms with Crippen molar-refractivity contribution in [2.45, 2.75) is 30.8 Å². The molecule has 0 atom stereocenters. The molecule has 0 fully saturated rings. The summed E-state index contributed by atoms with van der Waals surface area (Å²) in [6, 6.07) is 9.56. The van der Waals surface area contributed by atoms with Crippen molar-refractivity contribution in [3.05, 3.63) is 34.9 Å². The van der Waals surface area contributed by atoms with Gasteiger partial charge in [0, 0.05) is 46.3 Å². The van der Waals surface area contributed by atoms with E-state index in [1.807, 2.05) is 12.1 Å². The smallest absolute Gasteiger partial charge is 0.158 e. The van der Waals surface area contributed by atoms with Gasteiger partial charge < -0.3 is 18.9 Å². The normalized spacial score (nSPS) is 11.9. The third kappa shape index (κ3) is 4.67. The number of benzene rings is 1. The topological polar surface area (TPSA) is 60.7 Å². The van der Waals surface area contributed by atoms with Crippen molar-refractivity contribution < 1.29 is 18.9 Å². The molecule has 1 rings (SSSR count). The molecule has 1 aromatic carbocycles. The van der Waals surface area contributed by atoms with Gasteiger partial charge in [-0.3, -0.25) is 0 Å². The molecule has 0 heterocycles. The van der Waals surface area contributed by atoms with Crippen LogP contribution in [0.1, 0.15) is 18.4 Å². The monoisotopic (exact) mass is 327 g/mol. The van der Waals surface area contributed by atoms with E-state index in [-0.39, 0.29) is 0 Å². The van der Waals surface area contributed by atoms with Crippen LogP contribution in [0.25, 0.3) is 0 Å².